The highest BCUT2D eigenvalue weighted by atomic mass is 16.7. The van der Waals surface area contributed by atoms with Gasteiger partial charge in [-0.25, -0.2) is 4.79 Å². The standard InChI is InChI=1S/C17H24O5/c1-4-13-5-6-16(15(9-13)17(18)19-3)22-12(2)21-11-14-7-8-20-10-14/h5-6,9,12,14H,4,7-8,10-11H2,1-3H3. The minimum Gasteiger partial charge on any atom is -0.465 e. The van der Waals surface area contributed by atoms with Crippen molar-refractivity contribution in [3.05, 3.63) is 29.3 Å². The molecule has 2 rings (SSSR count). The van der Waals surface area contributed by atoms with Crippen LogP contribution in [0.5, 0.6) is 5.75 Å². The van der Waals surface area contributed by atoms with Crippen LogP contribution in [0.2, 0.25) is 0 Å². The van der Waals surface area contributed by atoms with E-state index in [-0.39, 0.29) is 0 Å². The Morgan fingerprint density at radius 1 is 1.45 bits per heavy atom. The summed E-state index contributed by atoms with van der Waals surface area (Å²) in [6.45, 7) is 6.00. The van der Waals surface area contributed by atoms with E-state index in [9.17, 15) is 4.79 Å². The van der Waals surface area contributed by atoms with Crippen molar-refractivity contribution >= 4 is 5.97 Å². The zero-order valence-corrected chi connectivity index (χ0v) is 13.5. The van der Waals surface area contributed by atoms with Crippen molar-refractivity contribution in [1.82, 2.24) is 0 Å². The Bertz CT molecular complexity index is 494. The van der Waals surface area contributed by atoms with Gasteiger partial charge < -0.3 is 18.9 Å². The van der Waals surface area contributed by atoms with Crippen LogP contribution in [0, 0.1) is 5.92 Å². The predicted molar refractivity (Wildman–Crippen MR) is 82.1 cm³/mol. The van der Waals surface area contributed by atoms with Gasteiger partial charge in [-0.3, -0.25) is 0 Å². The molecule has 1 aromatic rings. The van der Waals surface area contributed by atoms with Gasteiger partial charge in [-0.05, 0) is 37.5 Å². The average molecular weight is 308 g/mol. The van der Waals surface area contributed by atoms with Crippen LogP contribution >= 0.6 is 0 Å². The summed E-state index contributed by atoms with van der Waals surface area (Å²) in [5.74, 6) is 0.509. The third-order valence-electron chi connectivity index (χ3n) is 3.74. The lowest BCUT2D eigenvalue weighted by atomic mass is 10.1. The van der Waals surface area contributed by atoms with Gasteiger partial charge in [0.05, 0.1) is 20.3 Å². The summed E-state index contributed by atoms with van der Waals surface area (Å²) < 4.78 is 21.6. The first-order valence-electron chi connectivity index (χ1n) is 7.71. The number of carbonyl (C=O) groups excluding carboxylic acids is 1. The summed E-state index contributed by atoms with van der Waals surface area (Å²) in [5.41, 5.74) is 1.49. The summed E-state index contributed by atoms with van der Waals surface area (Å²) >= 11 is 0. The fourth-order valence-corrected chi connectivity index (χ4v) is 2.37. The highest BCUT2D eigenvalue weighted by Gasteiger charge is 2.19. The van der Waals surface area contributed by atoms with Crippen LogP contribution in [0.1, 0.15) is 36.2 Å². The summed E-state index contributed by atoms with van der Waals surface area (Å²) in [5, 5.41) is 0. The second-order valence-electron chi connectivity index (χ2n) is 5.42. The van der Waals surface area contributed by atoms with Crippen molar-refractivity contribution in [2.24, 2.45) is 5.92 Å². The van der Waals surface area contributed by atoms with Crippen LogP contribution in [-0.2, 0) is 20.6 Å². The van der Waals surface area contributed by atoms with Crippen LogP contribution < -0.4 is 4.74 Å². The summed E-state index contributed by atoms with van der Waals surface area (Å²) in [6.07, 6.45) is 1.43. The van der Waals surface area contributed by atoms with Gasteiger partial charge in [-0.2, -0.15) is 0 Å². The normalized spacial score (nSPS) is 19.0. The lowest BCUT2D eigenvalue weighted by molar-refractivity contribution is -0.0793. The monoisotopic (exact) mass is 308 g/mol. The smallest absolute Gasteiger partial charge is 0.341 e. The van der Waals surface area contributed by atoms with Crippen LogP contribution in [-0.4, -0.2) is 39.2 Å². The van der Waals surface area contributed by atoms with Crippen molar-refractivity contribution in [3.63, 3.8) is 0 Å². The number of hydrogen-bond donors (Lipinski definition) is 0. The Labute approximate surface area is 131 Å². The van der Waals surface area contributed by atoms with Gasteiger partial charge in [0.25, 0.3) is 0 Å². The first-order valence-corrected chi connectivity index (χ1v) is 7.71. The molecule has 0 radical (unpaired) electrons. The molecule has 1 fully saturated rings. The van der Waals surface area contributed by atoms with E-state index in [1.165, 1.54) is 7.11 Å². The summed E-state index contributed by atoms with van der Waals surface area (Å²) in [6, 6.07) is 5.54. The lowest BCUT2D eigenvalue weighted by Gasteiger charge is -2.19. The number of rotatable bonds is 7. The number of aryl methyl sites for hydroxylation is 1. The molecule has 1 saturated heterocycles. The van der Waals surface area contributed by atoms with Gasteiger partial charge in [0.15, 0.2) is 6.29 Å². The maximum atomic E-state index is 11.9. The van der Waals surface area contributed by atoms with Gasteiger partial charge >= 0.3 is 5.97 Å². The summed E-state index contributed by atoms with van der Waals surface area (Å²) in [7, 11) is 1.37. The number of benzene rings is 1. The van der Waals surface area contributed by atoms with E-state index in [0.717, 1.165) is 31.6 Å². The van der Waals surface area contributed by atoms with E-state index >= 15 is 0 Å². The second-order valence-corrected chi connectivity index (χ2v) is 5.42. The number of hydrogen-bond acceptors (Lipinski definition) is 5. The molecule has 1 heterocycles. The van der Waals surface area contributed by atoms with Crippen LogP contribution in [0.15, 0.2) is 18.2 Å². The number of ether oxygens (including phenoxy) is 4. The molecule has 5 nitrogen and oxygen atoms in total. The third-order valence-corrected chi connectivity index (χ3v) is 3.74. The van der Waals surface area contributed by atoms with Crippen molar-refractivity contribution in [3.8, 4) is 5.75 Å². The molecule has 1 aliphatic rings. The molecule has 0 amide bonds. The highest BCUT2D eigenvalue weighted by Crippen LogP contribution is 2.23. The van der Waals surface area contributed by atoms with Gasteiger partial charge in [0.1, 0.15) is 11.3 Å². The first-order chi connectivity index (χ1) is 10.6. The lowest BCUT2D eigenvalue weighted by Crippen LogP contribution is -2.22. The van der Waals surface area contributed by atoms with E-state index in [2.05, 4.69) is 0 Å². The van der Waals surface area contributed by atoms with Crippen LogP contribution in [0.4, 0.5) is 0 Å². The fraction of sp³-hybridized carbons (Fsp3) is 0.588. The molecule has 0 aliphatic carbocycles. The largest absolute Gasteiger partial charge is 0.465 e. The molecule has 2 unspecified atom stereocenters. The van der Waals surface area contributed by atoms with E-state index in [1.54, 1.807) is 12.1 Å². The van der Waals surface area contributed by atoms with Gasteiger partial charge in [0, 0.05) is 12.5 Å². The molecular weight excluding hydrogens is 284 g/mol. The fourth-order valence-electron chi connectivity index (χ4n) is 2.37. The minimum absolute atomic E-state index is 0.401. The number of methoxy groups -OCH3 is 1. The maximum Gasteiger partial charge on any atom is 0.341 e. The molecule has 0 saturated carbocycles. The van der Waals surface area contributed by atoms with Gasteiger partial charge in [-0.15, -0.1) is 0 Å². The number of carbonyl (C=O) groups is 1. The minimum atomic E-state index is -0.434. The Balaban J connectivity index is 1.99. The third kappa shape index (κ3) is 4.45. The van der Waals surface area contributed by atoms with Crippen LogP contribution in [0.3, 0.4) is 0 Å². The van der Waals surface area contributed by atoms with Crippen LogP contribution in [0.25, 0.3) is 0 Å². The van der Waals surface area contributed by atoms with E-state index in [4.69, 9.17) is 18.9 Å². The molecule has 22 heavy (non-hydrogen) atoms. The van der Waals surface area contributed by atoms with Crippen molar-refractivity contribution < 1.29 is 23.7 Å². The van der Waals surface area contributed by atoms with Crippen molar-refractivity contribution in [1.29, 1.82) is 0 Å². The van der Waals surface area contributed by atoms with E-state index < -0.39 is 12.3 Å². The van der Waals surface area contributed by atoms with Crippen molar-refractivity contribution in [2.45, 2.75) is 33.0 Å². The molecule has 0 spiro atoms. The number of esters is 1. The van der Waals surface area contributed by atoms with E-state index in [0.29, 0.717) is 23.8 Å². The molecule has 1 aliphatic heterocycles. The maximum absolute atomic E-state index is 11.9. The zero-order valence-electron chi connectivity index (χ0n) is 13.5. The highest BCUT2D eigenvalue weighted by molar-refractivity contribution is 5.92. The Morgan fingerprint density at radius 3 is 2.91 bits per heavy atom. The molecule has 5 heteroatoms. The zero-order chi connectivity index (χ0) is 15.9. The average Bonchev–Trinajstić information content (AvgIpc) is 3.06. The van der Waals surface area contributed by atoms with E-state index in [1.807, 2.05) is 19.9 Å². The quantitative estimate of drug-likeness (QED) is 0.573. The van der Waals surface area contributed by atoms with Crippen molar-refractivity contribution in [2.75, 3.05) is 26.9 Å². The molecule has 0 N–H and O–H groups in total. The molecule has 0 bridgehead atoms. The topological polar surface area (TPSA) is 54.0 Å². The van der Waals surface area contributed by atoms with Gasteiger partial charge in [-0.1, -0.05) is 13.0 Å². The Hall–Kier alpha value is -1.59. The molecule has 1 aromatic carbocycles. The first kappa shape index (κ1) is 16.8. The molecule has 0 aromatic heterocycles. The summed E-state index contributed by atoms with van der Waals surface area (Å²) in [4.78, 5) is 11.9. The Kier molecular flexibility index (Phi) is 6.21. The Morgan fingerprint density at radius 2 is 2.27 bits per heavy atom. The molecular formula is C17H24O5. The van der Waals surface area contributed by atoms with Gasteiger partial charge in [0.2, 0.25) is 0 Å². The SMILES string of the molecule is CCc1ccc(OC(C)OCC2CCOC2)c(C(=O)OC)c1. The predicted octanol–water partition coefficient (Wildman–Crippen LogP) is 2.81. The second kappa shape index (κ2) is 8.15. The molecule has 122 valence electrons. The molecule has 2 atom stereocenters.